The Hall–Kier alpha value is -3.99. The number of hydrogen-bond acceptors (Lipinski definition) is 9. The second-order valence-corrected chi connectivity index (χ2v) is 15.3. The summed E-state index contributed by atoms with van der Waals surface area (Å²) in [5.74, 6) is 0.451. The van der Waals surface area contributed by atoms with Crippen molar-refractivity contribution in [3.63, 3.8) is 0 Å². The van der Waals surface area contributed by atoms with Gasteiger partial charge in [0.25, 0.3) is 0 Å². The van der Waals surface area contributed by atoms with E-state index in [0.29, 0.717) is 31.8 Å². The fourth-order valence-electron chi connectivity index (χ4n) is 6.15. The quantitative estimate of drug-likeness (QED) is 0.211. The number of fused-ring (bicyclic) bond motifs is 1. The Kier molecular flexibility index (Phi) is 12.3. The minimum Gasteiger partial charge on any atom is -0.489 e. The molecule has 2 aliphatic rings. The molecule has 0 radical (unpaired) electrons. The summed E-state index contributed by atoms with van der Waals surface area (Å²) in [7, 11) is -4.14. The molecule has 5 rings (SSSR count). The highest BCUT2D eigenvalue weighted by Gasteiger charge is 2.44. The standard InChI is InChI=1S/C37H45N3O8S/c1-37(2,19-9-20-38)26-40(49(43,44)30-16-14-29(15-17-30)46-24-28-12-7-4-8-13-28)23-33(41)32(22-27-10-5-3-6-11-27)39-36(42)48-34-25-47-35-31(34)18-21-45-35/h3-8,10-17,31-35,41H,9,18-19,21-26H2,1-2H3,(H,39,42)/t31-,32-,33+,34?,35+/m0/s1. The number of aliphatic hydroxyl groups excluding tert-OH is 1. The van der Waals surface area contributed by atoms with Crippen LogP contribution in [0.4, 0.5) is 4.79 Å². The molecule has 2 heterocycles. The van der Waals surface area contributed by atoms with E-state index in [1.165, 1.54) is 16.4 Å². The topological polar surface area (TPSA) is 147 Å². The molecule has 0 bridgehead atoms. The van der Waals surface area contributed by atoms with Crippen LogP contribution < -0.4 is 10.1 Å². The van der Waals surface area contributed by atoms with Crippen LogP contribution in [0.15, 0.2) is 89.8 Å². The molecule has 0 saturated carbocycles. The molecule has 262 valence electrons. The summed E-state index contributed by atoms with van der Waals surface area (Å²) in [4.78, 5) is 13.2. The zero-order chi connectivity index (χ0) is 34.9. The van der Waals surface area contributed by atoms with E-state index in [0.717, 1.165) is 11.1 Å². The summed E-state index contributed by atoms with van der Waals surface area (Å²) in [6.45, 7) is 4.58. The van der Waals surface area contributed by atoms with Crippen LogP contribution in [0.25, 0.3) is 0 Å². The molecule has 12 heteroatoms. The van der Waals surface area contributed by atoms with Gasteiger partial charge in [-0.2, -0.15) is 9.57 Å². The van der Waals surface area contributed by atoms with Gasteiger partial charge in [0.2, 0.25) is 10.0 Å². The van der Waals surface area contributed by atoms with E-state index < -0.39 is 46.1 Å². The highest BCUT2D eigenvalue weighted by Crippen LogP contribution is 2.33. The number of alkyl carbamates (subject to hydrolysis) is 1. The number of nitrogens with zero attached hydrogens (tertiary/aromatic N) is 2. The highest BCUT2D eigenvalue weighted by atomic mass is 32.2. The third-order valence-corrected chi connectivity index (χ3v) is 10.8. The minimum atomic E-state index is -4.14. The van der Waals surface area contributed by atoms with Gasteiger partial charge in [0.05, 0.1) is 42.2 Å². The molecule has 2 saturated heterocycles. The Balaban J connectivity index is 1.34. The minimum absolute atomic E-state index is 0.0318. The number of nitrogens with one attached hydrogen (secondary N) is 1. The van der Waals surface area contributed by atoms with Crippen molar-refractivity contribution >= 4 is 16.1 Å². The maximum atomic E-state index is 14.2. The van der Waals surface area contributed by atoms with Gasteiger partial charge in [0.1, 0.15) is 18.5 Å². The first kappa shape index (κ1) is 36.3. The van der Waals surface area contributed by atoms with Gasteiger partial charge in [-0.25, -0.2) is 13.2 Å². The van der Waals surface area contributed by atoms with Crippen molar-refractivity contribution in [2.24, 2.45) is 11.3 Å². The second kappa shape index (κ2) is 16.6. The third kappa shape index (κ3) is 10.0. The van der Waals surface area contributed by atoms with Gasteiger partial charge in [0, 0.05) is 19.5 Å². The fraction of sp³-hybridized carbons (Fsp3) is 0.459. The van der Waals surface area contributed by atoms with Crippen LogP contribution >= 0.6 is 0 Å². The molecule has 5 atom stereocenters. The Morgan fingerprint density at radius 2 is 1.71 bits per heavy atom. The van der Waals surface area contributed by atoms with Crippen LogP contribution in [0.3, 0.4) is 0 Å². The molecule has 0 aliphatic carbocycles. The fourth-order valence-corrected chi connectivity index (χ4v) is 7.80. The lowest BCUT2D eigenvalue weighted by Gasteiger charge is -2.35. The lowest BCUT2D eigenvalue weighted by molar-refractivity contribution is -0.0907. The number of benzene rings is 3. The molecule has 1 amide bonds. The van der Waals surface area contributed by atoms with Crippen molar-refractivity contribution in [3.8, 4) is 11.8 Å². The Labute approximate surface area is 288 Å². The second-order valence-electron chi connectivity index (χ2n) is 13.3. The van der Waals surface area contributed by atoms with Crippen molar-refractivity contribution in [1.29, 1.82) is 5.26 Å². The first-order valence-corrected chi connectivity index (χ1v) is 18.0. The van der Waals surface area contributed by atoms with E-state index >= 15 is 0 Å². The van der Waals surface area contributed by atoms with Gasteiger partial charge in [-0.1, -0.05) is 74.5 Å². The lowest BCUT2D eigenvalue weighted by atomic mass is 9.88. The summed E-state index contributed by atoms with van der Waals surface area (Å²) in [5, 5.41) is 23.8. The first-order chi connectivity index (χ1) is 23.5. The number of carbonyl (C=O) groups excluding carboxylic acids is 1. The van der Waals surface area contributed by atoms with Gasteiger partial charge in [-0.05, 0) is 60.1 Å². The number of sulfonamides is 1. The Morgan fingerprint density at radius 1 is 1.04 bits per heavy atom. The van der Waals surface area contributed by atoms with Gasteiger partial charge in [0.15, 0.2) is 6.29 Å². The van der Waals surface area contributed by atoms with Crippen LogP contribution in [0, 0.1) is 22.7 Å². The predicted molar refractivity (Wildman–Crippen MR) is 182 cm³/mol. The normalized spacial score (nSPS) is 20.3. The number of aliphatic hydroxyl groups is 1. The Morgan fingerprint density at radius 3 is 2.39 bits per heavy atom. The zero-order valence-corrected chi connectivity index (χ0v) is 28.8. The monoisotopic (exact) mass is 691 g/mol. The molecule has 3 aromatic carbocycles. The molecule has 0 aromatic heterocycles. The summed E-state index contributed by atoms with van der Waals surface area (Å²) < 4.78 is 52.4. The molecule has 49 heavy (non-hydrogen) atoms. The van der Waals surface area contributed by atoms with Gasteiger partial charge < -0.3 is 29.4 Å². The van der Waals surface area contributed by atoms with E-state index in [1.807, 2.05) is 74.5 Å². The third-order valence-electron chi connectivity index (χ3n) is 8.93. The molecule has 0 spiro atoms. The number of rotatable bonds is 16. The first-order valence-electron chi connectivity index (χ1n) is 16.6. The molecular weight excluding hydrogens is 646 g/mol. The van der Waals surface area contributed by atoms with Gasteiger partial charge >= 0.3 is 6.09 Å². The zero-order valence-electron chi connectivity index (χ0n) is 27.9. The summed E-state index contributed by atoms with van der Waals surface area (Å²) in [5.41, 5.74) is 1.23. The number of hydrogen-bond donors (Lipinski definition) is 2. The van der Waals surface area contributed by atoms with Crippen LogP contribution in [0.5, 0.6) is 5.75 Å². The Bertz CT molecular complexity index is 1650. The largest absolute Gasteiger partial charge is 0.489 e. The summed E-state index contributed by atoms with van der Waals surface area (Å²) in [6.07, 6.45) is -1.28. The van der Waals surface area contributed by atoms with E-state index in [-0.39, 0.29) is 43.4 Å². The average Bonchev–Trinajstić information content (AvgIpc) is 3.72. The summed E-state index contributed by atoms with van der Waals surface area (Å²) >= 11 is 0. The van der Waals surface area contributed by atoms with Crippen LogP contribution in [0.1, 0.15) is 44.2 Å². The lowest BCUT2D eigenvalue weighted by Crippen LogP contribution is -2.52. The average molecular weight is 692 g/mol. The molecule has 1 unspecified atom stereocenters. The molecular formula is C37H45N3O8S. The van der Waals surface area contributed by atoms with Crippen molar-refractivity contribution in [2.75, 3.05) is 26.3 Å². The SMILES string of the molecule is CC(C)(CCC#N)CN(C[C@@H](O)[C@H](Cc1ccccc1)NC(=O)OC1CO[C@H]2OCC[C@@H]12)S(=O)(=O)c1ccc(OCc2ccccc2)cc1. The molecule has 11 nitrogen and oxygen atoms in total. The summed E-state index contributed by atoms with van der Waals surface area (Å²) in [6, 6.07) is 26.4. The van der Waals surface area contributed by atoms with Gasteiger partial charge in [-0.3, -0.25) is 0 Å². The van der Waals surface area contributed by atoms with E-state index in [4.69, 9.17) is 18.9 Å². The van der Waals surface area contributed by atoms with Crippen molar-refractivity contribution in [2.45, 2.75) is 75.6 Å². The van der Waals surface area contributed by atoms with Crippen LogP contribution in [-0.2, 0) is 37.3 Å². The van der Waals surface area contributed by atoms with Gasteiger partial charge in [-0.15, -0.1) is 0 Å². The van der Waals surface area contributed by atoms with E-state index in [1.54, 1.807) is 12.1 Å². The van der Waals surface area contributed by atoms with E-state index in [2.05, 4.69) is 11.4 Å². The smallest absolute Gasteiger partial charge is 0.407 e. The molecule has 2 fully saturated rings. The van der Waals surface area contributed by atoms with Crippen molar-refractivity contribution < 1.29 is 37.3 Å². The molecule has 3 aromatic rings. The van der Waals surface area contributed by atoms with Crippen LogP contribution in [-0.4, -0.2) is 74.8 Å². The maximum Gasteiger partial charge on any atom is 0.407 e. The molecule has 2 aliphatic heterocycles. The van der Waals surface area contributed by atoms with Crippen LogP contribution in [0.2, 0.25) is 0 Å². The highest BCUT2D eigenvalue weighted by molar-refractivity contribution is 7.89. The number of carbonyl (C=O) groups is 1. The number of ether oxygens (including phenoxy) is 4. The maximum absolute atomic E-state index is 14.2. The molecule has 2 N–H and O–H groups in total. The predicted octanol–water partition coefficient (Wildman–Crippen LogP) is 5.05. The van der Waals surface area contributed by atoms with Crippen molar-refractivity contribution in [1.82, 2.24) is 9.62 Å². The van der Waals surface area contributed by atoms with E-state index in [9.17, 15) is 23.6 Å². The van der Waals surface area contributed by atoms with Crippen molar-refractivity contribution in [3.05, 3.63) is 96.1 Å². The number of amides is 1. The number of nitriles is 1.